The van der Waals surface area contributed by atoms with Crippen LogP contribution in [0.4, 0.5) is 4.79 Å². The summed E-state index contributed by atoms with van der Waals surface area (Å²) in [6, 6.07) is 9.62. The fourth-order valence-electron chi connectivity index (χ4n) is 2.40. The zero-order valence-corrected chi connectivity index (χ0v) is 16.1. The highest BCUT2D eigenvalue weighted by Crippen LogP contribution is 2.34. The summed E-state index contributed by atoms with van der Waals surface area (Å²) in [6.45, 7) is 2.58. The molecule has 0 radical (unpaired) electrons. The van der Waals surface area contributed by atoms with E-state index in [-0.39, 0.29) is 17.7 Å². The fourth-order valence-corrected chi connectivity index (χ4v) is 3.93. The number of aryl methyl sites for hydroxylation is 1. The van der Waals surface area contributed by atoms with Gasteiger partial charge in [-0.05, 0) is 48.5 Å². The van der Waals surface area contributed by atoms with Gasteiger partial charge in [0, 0.05) is 23.2 Å². The van der Waals surface area contributed by atoms with Gasteiger partial charge >= 0.3 is 0 Å². The molecule has 0 bridgehead atoms. The monoisotopic (exact) mass is 421 g/mol. The second kappa shape index (κ2) is 7.59. The average molecular weight is 422 g/mol. The largest absolute Gasteiger partial charge is 0.457 e. The minimum absolute atomic E-state index is 0.248. The maximum Gasteiger partial charge on any atom is 0.293 e. The van der Waals surface area contributed by atoms with Gasteiger partial charge in [-0.1, -0.05) is 22.0 Å². The number of imide groups is 1. The number of carbonyl (C=O) groups excluding carboxylic acids is 2. The van der Waals surface area contributed by atoms with Crippen LogP contribution >= 0.6 is 27.7 Å². The molecule has 1 aliphatic rings. The van der Waals surface area contributed by atoms with Crippen LogP contribution in [-0.4, -0.2) is 36.3 Å². The average Bonchev–Trinajstić information content (AvgIpc) is 3.12. The van der Waals surface area contributed by atoms with Gasteiger partial charge in [-0.2, -0.15) is 0 Å². The molecule has 25 heavy (non-hydrogen) atoms. The molecule has 0 saturated carbocycles. The van der Waals surface area contributed by atoms with Crippen LogP contribution in [-0.2, 0) is 9.53 Å². The Kier molecular flexibility index (Phi) is 5.46. The van der Waals surface area contributed by atoms with E-state index in [1.54, 1.807) is 12.1 Å². The molecule has 1 saturated heterocycles. The molecule has 0 N–H and O–H groups in total. The molecule has 0 spiro atoms. The summed E-state index contributed by atoms with van der Waals surface area (Å²) in [6.07, 6.45) is 1.60. The number of thioether (sulfide) groups is 1. The quantitative estimate of drug-likeness (QED) is 0.654. The molecule has 5 nitrogen and oxygen atoms in total. The summed E-state index contributed by atoms with van der Waals surface area (Å²) in [5, 5.41) is -0.290. The van der Waals surface area contributed by atoms with Crippen LogP contribution in [0.2, 0.25) is 0 Å². The van der Waals surface area contributed by atoms with Gasteiger partial charge in [-0.25, -0.2) is 0 Å². The van der Waals surface area contributed by atoms with E-state index >= 15 is 0 Å². The Hall–Kier alpha value is -1.83. The van der Waals surface area contributed by atoms with E-state index < -0.39 is 0 Å². The van der Waals surface area contributed by atoms with Crippen LogP contribution in [0.15, 0.2) is 44.1 Å². The topological polar surface area (TPSA) is 59.8 Å². The van der Waals surface area contributed by atoms with Gasteiger partial charge in [0.25, 0.3) is 11.1 Å². The first-order valence-corrected chi connectivity index (χ1v) is 9.21. The first-order chi connectivity index (χ1) is 12.0. The van der Waals surface area contributed by atoms with Crippen LogP contribution in [0.5, 0.6) is 0 Å². The third-order valence-corrected chi connectivity index (χ3v) is 5.25. The summed E-state index contributed by atoms with van der Waals surface area (Å²) in [7, 11) is 1.53. The van der Waals surface area contributed by atoms with Crippen molar-refractivity contribution < 1.29 is 18.7 Å². The van der Waals surface area contributed by atoms with Crippen molar-refractivity contribution in [2.24, 2.45) is 0 Å². The molecule has 1 fully saturated rings. The second-order valence-corrected chi connectivity index (χ2v) is 7.36. The molecule has 2 heterocycles. The lowest BCUT2D eigenvalue weighted by molar-refractivity contribution is -0.123. The van der Waals surface area contributed by atoms with E-state index in [4.69, 9.17) is 9.15 Å². The summed E-state index contributed by atoms with van der Waals surface area (Å²) in [5.41, 5.74) is 2.07. The van der Waals surface area contributed by atoms with Gasteiger partial charge in [0.05, 0.1) is 18.1 Å². The zero-order chi connectivity index (χ0) is 18.0. The smallest absolute Gasteiger partial charge is 0.293 e. The van der Waals surface area contributed by atoms with E-state index in [9.17, 15) is 9.59 Å². The molecule has 1 aliphatic heterocycles. The Morgan fingerprint density at radius 2 is 2.08 bits per heavy atom. The molecule has 0 unspecified atom stereocenters. The first-order valence-electron chi connectivity index (χ1n) is 7.60. The minimum atomic E-state index is -0.318. The molecule has 7 heteroatoms. The number of carbonyl (C=O) groups is 2. The molecular formula is C18H16BrNO4S. The maximum atomic E-state index is 12.3. The lowest BCUT2D eigenvalue weighted by atomic mass is 10.1. The Bertz CT molecular complexity index is 859. The summed E-state index contributed by atoms with van der Waals surface area (Å²) in [4.78, 5) is 25.8. The number of benzene rings is 1. The first kappa shape index (κ1) is 18.0. The Morgan fingerprint density at radius 3 is 2.80 bits per heavy atom. The molecule has 2 aromatic rings. The van der Waals surface area contributed by atoms with Gasteiger partial charge in [-0.3, -0.25) is 14.5 Å². The standard InChI is InChI=1S/C18H16BrNO4S/c1-11-3-5-13(14(19)9-11)15-6-4-12(24-15)10-16-17(21)20(7-8-23-2)18(22)25-16/h3-6,9-10H,7-8H2,1-2H3/b16-10-. The van der Waals surface area contributed by atoms with Gasteiger partial charge in [0.2, 0.25) is 0 Å². The second-order valence-electron chi connectivity index (χ2n) is 5.51. The lowest BCUT2D eigenvalue weighted by Gasteiger charge is -2.10. The third-order valence-electron chi connectivity index (χ3n) is 3.68. The predicted molar refractivity (Wildman–Crippen MR) is 101 cm³/mol. The van der Waals surface area contributed by atoms with Crippen LogP contribution in [0, 0.1) is 6.92 Å². The van der Waals surface area contributed by atoms with Crippen molar-refractivity contribution in [3.05, 3.63) is 51.0 Å². The molecule has 130 valence electrons. The van der Waals surface area contributed by atoms with Crippen molar-refractivity contribution in [1.29, 1.82) is 0 Å². The van der Waals surface area contributed by atoms with Gasteiger partial charge in [0.1, 0.15) is 11.5 Å². The van der Waals surface area contributed by atoms with Crippen molar-refractivity contribution in [2.75, 3.05) is 20.3 Å². The van der Waals surface area contributed by atoms with Gasteiger partial charge in [0.15, 0.2) is 0 Å². The van der Waals surface area contributed by atoms with Crippen molar-refractivity contribution in [3.8, 4) is 11.3 Å². The molecular weight excluding hydrogens is 406 g/mol. The van der Waals surface area contributed by atoms with E-state index in [1.807, 2.05) is 31.2 Å². The Balaban J connectivity index is 1.82. The Labute approximate surface area is 158 Å². The molecule has 2 amide bonds. The number of furan rings is 1. The summed E-state index contributed by atoms with van der Waals surface area (Å²) in [5.74, 6) is 0.901. The highest BCUT2D eigenvalue weighted by atomic mass is 79.9. The number of amides is 2. The number of hydrogen-bond donors (Lipinski definition) is 0. The number of rotatable bonds is 5. The van der Waals surface area contributed by atoms with Gasteiger partial charge < -0.3 is 9.15 Å². The van der Waals surface area contributed by atoms with Gasteiger partial charge in [-0.15, -0.1) is 0 Å². The molecule has 0 atom stereocenters. The highest BCUT2D eigenvalue weighted by Gasteiger charge is 2.34. The SMILES string of the molecule is COCCN1C(=O)S/C(=C\c2ccc(-c3ccc(C)cc3Br)o2)C1=O. The van der Waals surface area contributed by atoms with E-state index in [0.29, 0.717) is 23.0 Å². The van der Waals surface area contributed by atoms with E-state index in [0.717, 1.165) is 27.4 Å². The van der Waals surface area contributed by atoms with Crippen molar-refractivity contribution in [1.82, 2.24) is 4.90 Å². The van der Waals surface area contributed by atoms with Crippen molar-refractivity contribution in [2.45, 2.75) is 6.92 Å². The number of ether oxygens (including phenoxy) is 1. The highest BCUT2D eigenvalue weighted by molar-refractivity contribution is 9.10. The molecule has 1 aromatic heterocycles. The normalized spacial score (nSPS) is 16.3. The van der Waals surface area contributed by atoms with E-state index in [2.05, 4.69) is 15.9 Å². The zero-order valence-electron chi connectivity index (χ0n) is 13.7. The minimum Gasteiger partial charge on any atom is -0.457 e. The number of methoxy groups -OCH3 is 1. The molecule has 0 aliphatic carbocycles. The van der Waals surface area contributed by atoms with Crippen molar-refractivity contribution >= 4 is 44.9 Å². The maximum absolute atomic E-state index is 12.3. The van der Waals surface area contributed by atoms with E-state index in [1.165, 1.54) is 12.0 Å². The summed E-state index contributed by atoms with van der Waals surface area (Å²) >= 11 is 4.44. The Morgan fingerprint density at radius 1 is 1.28 bits per heavy atom. The van der Waals surface area contributed by atoms with Crippen LogP contribution in [0.25, 0.3) is 17.4 Å². The molecule has 3 rings (SSSR count). The number of hydrogen-bond acceptors (Lipinski definition) is 5. The lowest BCUT2D eigenvalue weighted by Crippen LogP contribution is -2.31. The summed E-state index contributed by atoms with van der Waals surface area (Å²) < 4.78 is 11.7. The van der Waals surface area contributed by atoms with Crippen LogP contribution in [0.1, 0.15) is 11.3 Å². The van der Waals surface area contributed by atoms with Crippen molar-refractivity contribution in [3.63, 3.8) is 0 Å². The van der Waals surface area contributed by atoms with Crippen LogP contribution in [0.3, 0.4) is 0 Å². The third kappa shape index (κ3) is 3.89. The predicted octanol–water partition coefficient (Wildman–Crippen LogP) is 4.70. The van der Waals surface area contributed by atoms with Crippen LogP contribution < -0.4 is 0 Å². The number of halogens is 1. The molecule has 1 aromatic carbocycles. The number of nitrogens with zero attached hydrogens (tertiary/aromatic N) is 1. The fraction of sp³-hybridized carbons (Fsp3) is 0.222.